The normalized spacial score (nSPS) is 8.33. The molecule has 0 bridgehead atoms. The van der Waals surface area contributed by atoms with Gasteiger partial charge in [-0.1, -0.05) is 5.11 Å². The van der Waals surface area contributed by atoms with Gasteiger partial charge in [0.25, 0.3) is 0 Å². The van der Waals surface area contributed by atoms with Gasteiger partial charge in [0.15, 0.2) is 0 Å². The third-order valence-electron chi connectivity index (χ3n) is 1.09. The van der Waals surface area contributed by atoms with Crippen LogP contribution in [0.2, 0.25) is 0 Å². The average molecular weight is 224 g/mol. The Bertz CT molecular complexity index is 387. The molecular weight excluding hydrogens is 222 g/mol. The van der Waals surface area contributed by atoms with E-state index in [1.807, 2.05) is 6.07 Å². The summed E-state index contributed by atoms with van der Waals surface area (Å²) >= 11 is 3.14. The first-order valence-corrected chi connectivity index (χ1v) is 3.68. The van der Waals surface area contributed by atoms with Crippen LogP contribution in [-0.4, -0.2) is 4.98 Å². The molecule has 1 heterocycles. The van der Waals surface area contributed by atoms with E-state index in [0.29, 0.717) is 4.47 Å². The number of nitrogens with zero attached hydrogens (tertiary/aromatic N) is 5. The second-order valence-corrected chi connectivity index (χ2v) is 2.74. The molecule has 6 heteroatoms. The van der Waals surface area contributed by atoms with Crippen molar-refractivity contribution in [3.05, 3.63) is 32.9 Å². The number of halogens is 1. The van der Waals surface area contributed by atoms with Crippen LogP contribution in [0.15, 0.2) is 21.9 Å². The summed E-state index contributed by atoms with van der Waals surface area (Å²) in [5, 5.41) is 11.8. The summed E-state index contributed by atoms with van der Waals surface area (Å²) in [5.41, 5.74) is 8.49. The number of azide groups is 1. The van der Waals surface area contributed by atoms with Gasteiger partial charge in [0, 0.05) is 15.6 Å². The zero-order chi connectivity index (χ0) is 8.97. The van der Waals surface area contributed by atoms with Gasteiger partial charge in [0.2, 0.25) is 0 Å². The molecule has 1 aromatic rings. The SMILES string of the molecule is N#Cc1ncc(Br)cc1N=[N+]=[N-]. The number of nitriles is 1. The van der Waals surface area contributed by atoms with E-state index >= 15 is 0 Å². The molecular formula is C6H2BrN5. The van der Waals surface area contributed by atoms with Gasteiger partial charge in [-0.15, -0.1) is 0 Å². The van der Waals surface area contributed by atoms with E-state index in [4.69, 9.17) is 10.8 Å². The highest BCUT2D eigenvalue weighted by atomic mass is 79.9. The van der Waals surface area contributed by atoms with Crippen molar-refractivity contribution in [2.75, 3.05) is 0 Å². The van der Waals surface area contributed by atoms with Crippen LogP contribution in [0.1, 0.15) is 5.69 Å². The maximum atomic E-state index is 8.52. The number of pyridine rings is 1. The zero-order valence-electron chi connectivity index (χ0n) is 5.77. The largest absolute Gasteiger partial charge is 0.244 e. The molecule has 0 radical (unpaired) electrons. The maximum absolute atomic E-state index is 8.52. The van der Waals surface area contributed by atoms with Gasteiger partial charge >= 0.3 is 0 Å². The van der Waals surface area contributed by atoms with Crippen molar-refractivity contribution in [2.24, 2.45) is 5.11 Å². The first-order chi connectivity index (χ1) is 5.77. The Morgan fingerprint density at radius 3 is 3.08 bits per heavy atom. The molecule has 58 valence electrons. The fourth-order valence-corrected chi connectivity index (χ4v) is 0.958. The predicted molar refractivity (Wildman–Crippen MR) is 45.5 cm³/mol. The first-order valence-electron chi connectivity index (χ1n) is 2.88. The van der Waals surface area contributed by atoms with E-state index in [-0.39, 0.29) is 11.4 Å². The smallest absolute Gasteiger partial charge is 0.150 e. The lowest BCUT2D eigenvalue weighted by atomic mass is 10.3. The molecule has 1 aromatic heterocycles. The van der Waals surface area contributed by atoms with Crippen LogP contribution >= 0.6 is 15.9 Å². The van der Waals surface area contributed by atoms with Crippen molar-refractivity contribution in [1.29, 1.82) is 5.26 Å². The van der Waals surface area contributed by atoms with Crippen LogP contribution in [0.5, 0.6) is 0 Å². The summed E-state index contributed by atoms with van der Waals surface area (Å²) in [4.78, 5) is 6.31. The first kappa shape index (κ1) is 8.53. The van der Waals surface area contributed by atoms with Gasteiger partial charge < -0.3 is 0 Å². The lowest BCUT2D eigenvalue weighted by Crippen LogP contribution is -1.81. The van der Waals surface area contributed by atoms with Gasteiger partial charge in [-0.05, 0) is 27.5 Å². The zero-order valence-corrected chi connectivity index (χ0v) is 7.35. The quantitative estimate of drug-likeness (QED) is 0.417. The Balaban J connectivity index is 3.33. The molecule has 0 amide bonds. The number of aromatic nitrogens is 1. The molecule has 0 aliphatic rings. The standard InChI is InChI=1S/C6H2BrN5/c7-4-1-5(11-12-9)6(2-8)10-3-4/h1,3H. The highest BCUT2D eigenvalue weighted by Gasteiger charge is 2.00. The minimum atomic E-state index is 0.121. The number of hydrogen-bond acceptors (Lipinski definition) is 3. The fraction of sp³-hybridized carbons (Fsp3) is 0. The van der Waals surface area contributed by atoms with E-state index in [1.54, 1.807) is 0 Å². The Morgan fingerprint density at radius 2 is 2.50 bits per heavy atom. The van der Waals surface area contributed by atoms with Crippen molar-refractivity contribution in [3.63, 3.8) is 0 Å². The van der Waals surface area contributed by atoms with Crippen LogP contribution in [-0.2, 0) is 0 Å². The highest BCUT2D eigenvalue weighted by molar-refractivity contribution is 9.10. The Hall–Kier alpha value is -1.57. The molecule has 0 saturated carbocycles. The topological polar surface area (TPSA) is 85.4 Å². The molecule has 0 unspecified atom stereocenters. The predicted octanol–water partition coefficient (Wildman–Crippen LogP) is 2.66. The van der Waals surface area contributed by atoms with Crippen LogP contribution in [0.25, 0.3) is 10.4 Å². The monoisotopic (exact) mass is 223 g/mol. The van der Waals surface area contributed by atoms with Gasteiger partial charge in [-0.2, -0.15) is 5.26 Å². The summed E-state index contributed by atoms with van der Waals surface area (Å²) in [6, 6.07) is 3.34. The minimum Gasteiger partial charge on any atom is -0.244 e. The van der Waals surface area contributed by atoms with Gasteiger partial charge in [0.1, 0.15) is 11.8 Å². The number of rotatable bonds is 1. The van der Waals surface area contributed by atoms with Gasteiger partial charge in [-0.3, -0.25) is 0 Å². The second kappa shape index (κ2) is 3.72. The molecule has 12 heavy (non-hydrogen) atoms. The summed E-state index contributed by atoms with van der Waals surface area (Å²) in [5.74, 6) is 0. The molecule has 0 aromatic carbocycles. The van der Waals surface area contributed by atoms with Crippen LogP contribution < -0.4 is 0 Å². The third-order valence-corrected chi connectivity index (χ3v) is 1.53. The van der Waals surface area contributed by atoms with E-state index in [9.17, 15) is 0 Å². The summed E-state index contributed by atoms with van der Waals surface area (Å²) in [7, 11) is 0. The highest BCUT2D eigenvalue weighted by Crippen LogP contribution is 2.20. The summed E-state index contributed by atoms with van der Waals surface area (Å²) in [6.07, 6.45) is 1.47. The number of hydrogen-bond donors (Lipinski definition) is 0. The van der Waals surface area contributed by atoms with Crippen LogP contribution in [0.4, 0.5) is 5.69 Å². The second-order valence-electron chi connectivity index (χ2n) is 1.82. The van der Waals surface area contributed by atoms with E-state index in [2.05, 4.69) is 30.9 Å². The Labute approximate surface area is 76.4 Å². The Morgan fingerprint density at radius 1 is 1.75 bits per heavy atom. The molecule has 0 spiro atoms. The molecule has 0 N–H and O–H groups in total. The lowest BCUT2D eigenvalue weighted by molar-refractivity contribution is 1.23. The third kappa shape index (κ3) is 1.72. The van der Waals surface area contributed by atoms with E-state index < -0.39 is 0 Å². The fourth-order valence-electron chi connectivity index (χ4n) is 0.639. The summed E-state index contributed by atoms with van der Waals surface area (Å²) < 4.78 is 0.670. The molecule has 0 fully saturated rings. The van der Waals surface area contributed by atoms with Crippen molar-refractivity contribution >= 4 is 21.6 Å². The van der Waals surface area contributed by atoms with Crippen LogP contribution in [0.3, 0.4) is 0 Å². The molecule has 1 rings (SSSR count). The van der Waals surface area contributed by atoms with Crippen molar-refractivity contribution in [1.82, 2.24) is 4.98 Å². The minimum absolute atomic E-state index is 0.121. The maximum Gasteiger partial charge on any atom is 0.150 e. The molecule has 5 nitrogen and oxygen atoms in total. The Kier molecular flexibility index (Phi) is 2.64. The average Bonchev–Trinajstić information content (AvgIpc) is 2.05. The molecule has 0 atom stereocenters. The van der Waals surface area contributed by atoms with E-state index in [0.717, 1.165) is 0 Å². The molecule has 0 saturated heterocycles. The van der Waals surface area contributed by atoms with E-state index in [1.165, 1.54) is 12.3 Å². The molecule has 0 aliphatic heterocycles. The summed E-state index contributed by atoms with van der Waals surface area (Å²) in [6.45, 7) is 0. The van der Waals surface area contributed by atoms with Crippen molar-refractivity contribution < 1.29 is 0 Å². The van der Waals surface area contributed by atoms with Crippen molar-refractivity contribution in [2.45, 2.75) is 0 Å². The van der Waals surface area contributed by atoms with Crippen LogP contribution in [0, 0.1) is 11.3 Å². The van der Waals surface area contributed by atoms with Crippen molar-refractivity contribution in [3.8, 4) is 6.07 Å². The van der Waals surface area contributed by atoms with Gasteiger partial charge in [0.05, 0.1) is 5.69 Å². The van der Waals surface area contributed by atoms with Gasteiger partial charge in [-0.25, -0.2) is 4.98 Å². The molecule has 0 aliphatic carbocycles. The lowest BCUT2D eigenvalue weighted by Gasteiger charge is -1.94.